The Morgan fingerprint density at radius 2 is 1.63 bits per heavy atom. The molecule has 0 bridgehead atoms. The molecule has 0 spiro atoms. The highest BCUT2D eigenvalue weighted by Crippen LogP contribution is 2.38. The first-order valence-electron chi connectivity index (χ1n) is 8.28. The first-order valence-corrected chi connectivity index (χ1v) is 9.50. The molecule has 1 heterocycles. The molecule has 2 aromatic rings. The molecule has 1 aliphatic rings. The number of oxime groups is 1. The summed E-state index contributed by atoms with van der Waals surface area (Å²) in [5, 5.41) is 16.2. The molecule has 4 nitrogen and oxygen atoms in total. The molecule has 1 atom stereocenters. The van der Waals surface area contributed by atoms with Gasteiger partial charge in [-0.3, -0.25) is 0 Å². The Kier molecular flexibility index (Phi) is 5.78. The zero-order valence-corrected chi connectivity index (χ0v) is 15.4. The molecule has 0 amide bonds. The molecular formula is C19H19F3N2O2S. The van der Waals surface area contributed by atoms with E-state index >= 15 is 0 Å². The van der Waals surface area contributed by atoms with Crippen LogP contribution in [0.3, 0.4) is 0 Å². The Morgan fingerprint density at radius 1 is 1.07 bits per heavy atom. The number of rotatable bonds is 6. The molecule has 0 fully saturated rings. The van der Waals surface area contributed by atoms with Crippen LogP contribution in [0.4, 0.5) is 13.2 Å². The Bertz CT molecular complexity index is 807. The van der Waals surface area contributed by atoms with Crippen LogP contribution in [-0.2, 0) is 17.9 Å². The molecule has 144 valence electrons. The maximum absolute atomic E-state index is 12.8. The van der Waals surface area contributed by atoms with Crippen molar-refractivity contribution in [3.8, 4) is 0 Å². The molecule has 3 rings (SSSR count). The van der Waals surface area contributed by atoms with Gasteiger partial charge < -0.3 is 15.3 Å². The average Bonchev–Trinajstić information content (AvgIpc) is 3.06. The van der Waals surface area contributed by atoms with Crippen molar-refractivity contribution in [2.45, 2.75) is 36.4 Å². The highest BCUT2D eigenvalue weighted by molar-refractivity contribution is 7.98. The van der Waals surface area contributed by atoms with E-state index < -0.39 is 18.4 Å². The van der Waals surface area contributed by atoms with Crippen molar-refractivity contribution in [3.05, 3.63) is 65.2 Å². The molecule has 8 heteroatoms. The monoisotopic (exact) mass is 396 g/mol. The van der Waals surface area contributed by atoms with E-state index in [1.807, 2.05) is 18.4 Å². The molecule has 2 aromatic carbocycles. The lowest BCUT2D eigenvalue weighted by molar-refractivity contribution is -0.355. The Hall–Kier alpha value is -2.03. The van der Waals surface area contributed by atoms with E-state index in [0.29, 0.717) is 12.1 Å². The SMILES string of the molecule is CSc1ccc(CNCc2ccc(C3=NOC(O)(C(F)(F)F)C3)cc2)cc1. The summed E-state index contributed by atoms with van der Waals surface area (Å²) in [5.41, 5.74) is 2.73. The third-order valence-electron chi connectivity index (χ3n) is 4.26. The predicted octanol–water partition coefficient (Wildman–Crippen LogP) is 4.07. The van der Waals surface area contributed by atoms with Crippen molar-refractivity contribution in [3.63, 3.8) is 0 Å². The van der Waals surface area contributed by atoms with Crippen molar-refractivity contribution in [1.82, 2.24) is 5.32 Å². The van der Waals surface area contributed by atoms with Crippen LogP contribution in [0.2, 0.25) is 0 Å². The van der Waals surface area contributed by atoms with Gasteiger partial charge in [0.05, 0.1) is 12.1 Å². The summed E-state index contributed by atoms with van der Waals surface area (Å²) in [4.78, 5) is 5.45. The fourth-order valence-corrected chi connectivity index (χ4v) is 3.05. The first kappa shape index (κ1) is 19.7. The summed E-state index contributed by atoms with van der Waals surface area (Å²) in [6, 6.07) is 15.3. The number of nitrogens with zero attached hydrogens (tertiary/aromatic N) is 1. The van der Waals surface area contributed by atoms with Gasteiger partial charge in [0.2, 0.25) is 0 Å². The maximum Gasteiger partial charge on any atom is 0.458 e. The van der Waals surface area contributed by atoms with Crippen molar-refractivity contribution in [2.24, 2.45) is 5.16 Å². The number of aliphatic hydroxyl groups is 1. The predicted molar refractivity (Wildman–Crippen MR) is 98.5 cm³/mol. The number of thioether (sulfide) groups is 1. The van der Waals surface area contributed by atoms with E-state index in [1.165, 1.54) is 10.5 Å². The summed E-state index contributed by atoms with van der Waals surface area (Å²) in [6.45, 7) is 1.34. The van der Waals surface area contributed by atoms with Gasteiger partial charge >= 0.3 is 12.0 Å². The van der Waals surface area contributed by atoms with Crippen molar-refractivity contribution in [2.75, 3.05) is 6.26 Å². The van der Waals surface area contributed by atoms with Gasteiger partial charge in [-0.1, -0.05) is 41.6 Å². The van der Waals surface area contributed by atoms with Gasteiger partial charge in [0.25, 0.3) is 0 Å². The second kappa shape index (κ2) is 7.92. The Balaban J connectivity index is 1.53. The van der Waals surface area contributed by atoms with Crippen LogP contribution in [0, 0.1) is 0 Å². The largest absolute Gasteiger partial charge is 0.458 e. The fourth-order valence-electron chi connectivity index (χ4n) is 2.64. The van der Waals surface area contributed by atoms with Gasteiger partial charge in [-0.2, -0.15) is 13.2 Å². The second-order valence-corrected chi connectivity index (χ2v) is 7.12. The molecule has 0 radical (unpaired) electrons. The molecule has 0 saturated carbocycles. The minimum absolute atomic E-state index is 0.0724. The summed E-state index contributed by atoms with van der Waals surface area (Å²) in [5.74, 6) is -3.24. The number of nitrogens with one attached hydrogen (secondary N) is 1. The number of hydrogen-bond acceptors (Lipinski definition) is 5. The van der Waals surface area contributed by atoms with Crippen LogP contribution in [0.15, 0.2) is 58.6 Å². The average molecular weight is 396 g/mol. The lowest BCUT2D eigenvalue weighted by atomic mass is 10.0. The lowest BCUT2D eigenvalue weighted by Crippen LogP contribution is -2.45. The van der Waals surface area contributed by atoms with Gasteiger partial charge in [0.15, 0.2) is 0 Å². The zero-order valence-electron chi connectivity index (χ0n) is 14.6. The summed E-state index contributed by atoms with van der Waals surface area (Å²) in [7, 11) is 0. The van der Waals surface area contributed by atoms with Crippen LogP contribution < -0.4 is 5.32 Å². The molecule has 1 aliphatic heterocycles. The van der Waals surface area contributed by atoms with E-state index in [4.69, 9.17) is 0 Å². The number of halogens is 3. The summed E-state index contributed by atoms with van der Waals surface area (Å²) < 4.78 is 38.3. The molecule has 1 unspecified atom stereocenters. The van der Waals surface area contributed by atoms with E-state index in [0.717, 1.165) is 12.1 Å². The van der Waals surface area contributed by atoms with Crippen LogP contribution in [0.1, 0.15) is 23.1 Å². The molecule has 0 saturated heterocycles. The van der Waals surface area contributed by atoms with Crippen LogP contribution in [0.5, 0.6) is 0 Å². The Labute approximate surface area is 159 Å². The van der Waals surface area contributed by atoms with E-state index in [-0.39, 0.29) is 5.71 Å². The van der Waals surface area contributed by atoms with Crippen LogP contribution in [0.25, 0.3) is 0 Å². The quantitative estimate of drug-likeness (QED) is 0.723. The van der Waals surface area contributed by atoms with E-state index in [9.17, 15) is 18.3 Å². The lowest BCUT2D eigenvalue weighted by Gasteiger charge is -2.22. The molecule has 27 heavy (non-hydrogen) atoms. The highest BCUT2D eigenvalue weighted by atomic mass is 32.2. The van der Waals surface area contributed by atoms with Crippen LogP contribution >= 0.6 is 11.8 Å². The smallest absolute Gasteiger partial charge is 0.350 e. The standard InChI is InChI=1S/C19H19F3N2O2S/c1-27-16-8-4-14(5-9-16)12-23-11-13-2-6-15(7-3-13)17-10-18(25,26-24-17)19(20,21)22/h2-9,23,25H,10-12H2,1H3. The van der Waals surface area contributed by atoms with Gasteiger partial charge in [0, 0.05) is 18.0 Å². The summed E-state index contributed by atoms with van der Waals surface area (Å²) in [6.07, 6.45) is -3.58. The minimum atomic E-state index is -4.89. The van der Waals surface area contributed by atoms with Gasteiger partial charge in [-0.15, -0.1) is 11.8 Å². The van der Waals surface area contributed by atoms with E-state index in [1.54, 1.807) is 23.9 Å². The third kappa shape index (κ3) is 4.63. The van der Waals surface area contributed by atoms with Gasteiger partial charge in [-0.05, 0) is 35.1 Å². The first-order chi connectivity index (χ1) is 12.8. The third-order valence-corrected chi connectivity index (χ3v) is 5.00. The molecular weight excluding hydrogens is 377 g/mol. The number of alkyl halides is 3. The van der Waals surface area contributed by atoms with Crippen molar-refractivity contribution < 1.29 is 23.1 Å². The topological polar surface area (TPSA) is 53.9 Å². The second-order valence-electron chi connectivity index (χ2n) is 6.24. The number of hydrogen-bond donors (Lipinski definition) is 2. The molecule has 0 aromatic heterocycles. The van der Waals surface area contributed by atoms with Gasteiger partial charge in [0.1, 0.15) is 0 Å². The van der Waals surface area contributed by atoms with Crippen molar-refractivity contribution in [1.29, 1.82) is 0 Å². The van der Waals surface area contributed by atoms with Gasteiger partial charge in [-0.25, -0.2) is 0 Å². The Morgan fingerprint density at radius 3 is 2.11 bits per heavy atom. The summed E-state index contributed by atoms with van der Waals surface area (Å²) >= 11 is 1.69. The number of benzene rings is 2. The maximum atomic E-state index is 12.8. The minimum Gasteiger partial charge on any atom is -0.350 e. The highest BCUT2D eigenvalue weighted by Gasteiger charge is 2.60. The van der Waals surface area contributed by atoms with Crippen molar-refractivity contribution >= 4 is 17.5 Å². The fraction of sp³-hybridized carbons (Fsp3) is 0.316. The zero-order chi connectivity index (χ0) is 19.5. The van der Waals surface area contributed by atoms with Crippen LogP contribution in [-0.4, -0.2) is 29.0 Å². The molecule has 0 aliphatic carbocycles. The normalized spacial score (nSPS) is 19.7. The van der Waals surface area contributed by atoms with E-state index in [2.05, 4.69) is 39.6 Å². The molecule has 2 N–H and O–H groups in total.